The molecule has 1 unspecified atom stereocenters. The fourth-order valence-electron chi connectivity index (χ4n) is 1.61. The third kappa shape index (κ3) is 1.55. The summed E-state index contributed by atoms with van der Waals surface area (Å²) in [6.07, 6.45) is 2.98. The van der Waals surface area contributed by atoms with E-state index in [1.54, 1.807) is 13.0 Å². The molecule has 2 N–H and O–H groups in total. The smallest absolute Gasteiger partial charge is 0.229 e. The molecule has 1 heterocycles. The molecule has 16 heavy (non-hydrogen) atoms. The van der Waals surface area contributed by atoms with Gasteiger partial charge in [0.1, 0.15) is 16.1 Å². The Kier molecular flexibility index (Phi) is 2.92. The first-order chi connectivity index (χ1) is 7.09. The Balaban J connectivity index is 3.51. The molecule has 0 aromatic heterocycles. The Morgan fingerprint density at radius 2 is 1.94 bits per heavy atom. The van der Waals surface area contributed by atoms with Gasteiger partial charge in [0.2, 0.25) is 5.50 Å². The molecule has 0 aliphatic carbocycles. The molecule has 0 amide bonds. The molecule has 0 aromatic carbocycles. The Hall–Kier alpha value is -0.910. The topological polar surface area (TPSA) is 72.5 Å². The van der Waals surface area contributed by atoms with Crippen LogP contribution in [0.15, 0.2) is 17.1 Å². The molecular weight excluding hydrogens is 231 g/mol. The minimum Gasteiger partial charge on any atom is -0.386 e. The van der Waals surface area contributed by atoms with Gasteiger partial charge in [-0.25, -0.2) is 12.8 Å². The quantitative estimate of drug-likeness (QED) is 0.708. The molecule has 4 nitrogen and oxygen atoms in total. The molecule has 0 fully saturated rings. The molecule has 0 aromatic rings. The fourth-order valence-corrected chi connectivity index (χ4v) is 3.23. The van der Waals surface area contributed by atoms with Crippen LogP contribution >= 0.6 is 0 Å². The van der Waals surface area contributed by atoms with E-state index in [1.165, 1.54) is 26.8 Å². The maximum atomic E-state index is 14.1. The highest BCUT2D eigenvalue weighted by Gasteiger charge is 2.55. The Bertz CT molecular complexity index is 453. The van der Waals surface area contributed by atoms with Crippen molar-refractivity contribution in [3.63, 3.8) is 0 Å². The summed E-state index contributed by atoms with van der Waals surface area (Å²) in [7, 11) is -3.99. The van der Waals surface area contributed by atoms with E-state index in [0.717, 1.165) is 0 Å². The van der Waals surface area contributed by atoms with Gasteiger partial charge < -0.3 is 5.73 Å². The summed E-state index contributed by atoms with van der Waals surface area (Å²) >= 11 is 0. The first-order valence-electron chi connectivity index (χ1n) is 4.97. The second-order valence-electron chi connectivity index (χ2n) is 4.59. The van der Waals surface area contributed by atoms with Gasteiger partial charge in [0.25, 0.3) is 0 Å². The summed E-state index contributed by atoms with van der Waals surface area (Å²) in [4.78, 5) is 3.99. The van der Waals surface area contributed by atoms with E-state index < -0.39 is 25.6 Å². The molecule has 1 rings (SSSR count). The van der Waals surface area contributed by atoms with Gasteiger partial charge in [-0.15, -0.1) is 0 Å². The van der Waals surface area contributed by atoms with Gasteiger partial charge in [0.15, 0.2) is 9.84 Å². The Labute approximate surface area is 95.4 Å². The third-order valence-electron chi connectivity index (χ3n) is 2.93. The Morgan fingerprint density at radius 1 is 1.44 bits per heavy atom. The number of sulfone groups is 1. The molecule has 0 radical (unpaired) electrons. The van der Waals surface area contributed by atoms with Crippen molar-refractivity contribution in [1.29, 1.82) is 0 Å². The minimum absolute atomic E-state index is 0.0537. The number of nitrogens with zero attached hydrogens (tertiary/aromatic N) is 1. The van der Waals surface area contributed by atoms with Gasteiger partial charge in [-0.05, 0) is 27.7 Å². The van der Waals surface area contributed by atoms with Crippen molar-refractivity contribution in [1.82, 2.24) is 0 Å². The van der Waals surface area contributed by atoms with Gasteiger partial charge >= 0.3 is 0 Å². The number of rotatable bonds is 1. The van der Waals surface area contributed by atoms with Crippen LogP contribution in [-0.4, -0.2) is 30.0 Å². The number of nitrogens with two attached hydrogens (primary N) is 1. The van der Waals surface area contributed by atoms with Gasteiger partial charge in [-0.3, -0.25) is 4.99 Å². The molecule has 6 heteroatoms. The summed E-state index contributed by atoms with van der Waals surface area (Å²) in [6.45, 7) is 5.82. The summed E-state index contributed by atoms with van der Waals surface area (Å²) < 4.78 is 36.5. The number of alkyl halides is 1. The molecule has 0 bridgehead atoms. The number of halogens is 1. The maximum absolute atomic E-state index is 14.1. The summed E-state index contributed by atoms with van der Waals surface area (Å²) in [6, 6.07) is 0. The van der Waals surface area contributed by atoms with Crippen molar-refractivity contribution in [2.24, 2.45) is 10.7 Å². The van der Waals surface area contributed by atoms with Crippen molar-refractivity contribution >= 4 is 15.7 Å². The van der Waals surface area contributed by atoms with Crippen LogP contribution in [0, 0.1) is 0 Å². The average Bonchev–Trinajstić information content (AvgIpc) is 2.14. The molecule has 1 aliphatic rings. The lowest BCUT2D eigenvalue weighted by atomic mass is 10.0. The Morgan fingerprint density at radius 3 is 2.38 bits per heavy atom. The minimum atomic E-state index is -3.99. The first kappa shape index (κ1) is 13.2. The molecular formula is C10H17FN2O2S. The van der Waals surface area contributed by atoms with Crippen molar-refractivity contribution in [2.75, 3.05) is 0 Å². The molecule has 0 saturated heterocycles. The van der Waals surface area contributed by atoms with Crippen LogP contribution in [0.3, 0.4) is 0 Å². The molecule has 2 atom stereocenters. The third-order valence-corrected chi connectivity index (χ3v) is 5.58. The summed E-state index contributed by atoms with van der Waals surface area (Å²) in [5.74, 6) is -0.0537. The van der Waals surface area contributed by atoms with E-state index in [2.05, 4.69) is 4.99 Å². The van der Waals surface area contributed by atoms with Crippen LogP contribution in [-0.2, 0) is 9.84 Å². The molecule has 92 valence electrons. The number of aliphatic imine (C=N–C) groups is 1. The zero-order chi connectivity index (χ0) is 12.8. The van der Waals surface area contributed by atoms with E-state index in [9.17, 15) is 12.8 Å². The monoisotopic (exact) mass is 248 g/mol. The van der Waals surface area contributed by atoms with Crippen molar-refractivity contribution < 1.29 is 12.8 Å². The number of amidine groups is 1. The highest BCUT2D eigenvalue weighted by molar-refractivity contribution is 7.94. The van der Waals surface area contributed by atoms with Gasteiger partial charge in [-0.1, -0.05) is 12.2 Å². The number of allylic oxidation sites excluding steroid dienone is 1. The van der Waals surface area contributed by atoms with E-state index in [0.29, 0.717) is 0 Å². The largest absolute Gasteiger partial charge is 0.386 e. The van der Waals surface area contributed by atoms with Crippen LogP contribution in [0.2, 0.25) is 0 Å². The van der Waals surface area contributed by atoms with Crippen molar-refractivity contribution in [3.05, 3.63) is 12.2 Å². The molecule has 1 aliphatic heterocycles. The lowest BCUT2D eigenvalue weighted by Crippen LogP contribution is -2.59. The first-order valence-corrected chi connectivity index (χ1v) is 6.51. The fraction of sp³-hybridized carbons (Fsp3) is 0.700. The zero-order valence-corrected chi connectivity index (χ0v) is 10.7. The van der Waals surface area contributed by atoms with Gasteiger partial charge in [-0.2, -0.15) is 0 Å². The van der Waals surface area contributed by atoms with Crippen LogP contribution in [0.25, 0.3) is 0 Å². The van der Waals surface area contributed by atoms with E-state index >= 15 is 0 Å². The maximum Gasteiger partial charge on any atom is 0.229 e. The van der Waals surface area contributed by atoms with E-state index in [-0.39, 0.29) is 5.84 Å². The van der Waals surface area contributed by atoms with E-state index in [1.807, 2.05) is 0 Å². The predicted octanol–water partition coefficient (Wildman–Crippen LogP) is 1.18. The predicted molar refractivity (Wildman–Crippen MR) is 62.7 cm³/mol. The van der Waals surface area contributed by atoms with Crippen LogP contribution < -0.4 is 5.73 Å². The average molecular weight is 248 g/mol. The van der Waals surface area contributed by atoms with Crippen LogP contribution in [0.1, 0.15) is 27.7 Å². The lowest BCUT2D eigenvalue weighted by molar-refractivity contribution is 0.313. The number of hydrogen-bond acceptors (Lipinski definition) is 4. The van der Waals surface area contributed by atoms with Gasteiger partial charge in [0.05, 0.1) is 0 Å². The molecule has 0 spiro atoms. The van der Waals surface area contributed by atoms with Crippen molar-refractivity contribution in [3.8, 4) is 0 Å². The van der Waals surface area contributed by atoms with Crippen LogP contribution in [0.4, 0.5) is 4.39 Å². The van der Waals surface area contributed by atoms with Crippen LogP contribution in [0.5, 0.6) is 0 Å². The second-order valence-corrected chi connectivity index (χ2v) is 7.12. The summed E-state index contributed by atoms with van der Waals surface area (Å²) in [5, 5.41) is 0. The standard InChI is InChI=1S/C10H17FN2O2S/c1-5-6-10(4)7(11)16(14,15)9(2,3)8(12)13-10/h5-7H,1-4H3,(H2,12,13)/b6-5+/t7?,10-/m1/s1. The highest BCUT2D eigenvalue weighted by atomic mass is 32.2. The molecule has 0 saturated carbocycles. The lowest BCUT2D eigenvalue weighted by Gasteiger charge is -2.38. The zero-order valence-electron chi connectivity index (χ0n) is 9.86. The van der Waals surface area contributed by atoms with Gasteiger partial charge in [0, 0.05) is 0 Å². The highest BCUT2D eigenvalue weighted by Crippen LogP contribution is 2.37. The summed E-state index contributed by atoms with van der Waals surface area (Å²) in [5.41, 5.74) is 2.13. The normalized spacial score (nSPS) is 37.3. The SMILES string of the molecule is C/C=C/[C@@]1(C)N=C(N)C(C)(C)S(=O)(=O)C1F. The van der Waals surface area contributed by atoms with Crippen molar-refractivity contribution in [2.45, 2.75) is 43.5 Å². The van der Waals surface area contributed by atoms with E-state index in [4.69, 9.17) is 5.73 Å². The number of hydrogen-bond donors (Lipinski definition) is 1. The second kappa shape index (κ2) is 3.55.